The molecule has 0 saturated carbocycles. The molecule has 0 unspecified atom stereocenters. The summed E-state index contributed by atoms with van der Waals surface area (Å²) in [5.74, 6) is -0.152. The molecule has 0 aliphatic rings. The fourth-order valence-electron chi connectivity index (χ4n) is 4.59. The van der Waals surface area contributed by atoms with Crippen LogP contribution >= 0.6 is 0 Å². The van der Waals surface area contributed by atoms with Gasteiger partial charge in [0, 0.05) is 39.1 Å². The Labute approximate surface area is 264 Å². The van der Waals surface area contributed by atoms with Gasteiger partial charge in [-0.1, -0.05) is 40.2 Å². The second kappa shape index (κ2) is 20.1. The van der Waals surface area contributed by atoms with Crippen molar-refractivity contribution in [2.24, 2.45) is 17.8 Å². The lowest BCUT2D eigenvalue weighted by Crippen LogP contribution is -2.49. The predicted molar refractivity (Wildman–Crippen MR) is 171 cm³/mol. The number of carbonyl (C=O) groups is 3. The van der Waals surface area contributed by atoms with Crippen LogP contribution in [0.25, 0.3) is 0 Å². The zero-order chi connectivity index (χ0) is 33.3. The van der Waals surface area contributed by atoms with E-state index in [1.807, 2.05) is 20.8 Å². The highest BCUT2D eigenvalue weighted by molar-refractivity contribution is 5.97. The minimum Gasteiger partial charge on any atom is -0.493 e. The summed E-state index contributed by atoms with van der Waals surface area (Å²) in [5.41, 5.74) is -0.381. The van der Waals surface area contributed by atoms with Crippen LogP contribution in [0.1, 0.15) is 90.9 Å². The van der Waals surface area contributed by atoms with Gasteiger partial charge in [0.25, 0.3) is 5.91 Å². The van der Waals surface area contributed by atoms with Gasteiger partial charge in [-0.3, -0.25) is 9.59 Å². The Bertz CT molecular complexity index is 1010. The number of nitrogens with one attached hydrogen (secondary N) is 3. The molecule has 11 heteroatoms. The van der Waals surface area contributed by atoms with E-state index >= 15 is 0 Å². The summed E-state index contributed by atoms with van der Waals surface area (Å²) in [6, 6.07) is 4.43. The average Bonchev–Trinajstić information content (AvgIpc) is 2.95. The molecule has 1 aromatic rings. The standard InChI is InChI=1S/C33H57N3O8/c1-10-11-16-34-30(38)23(4)19-27(37)26(36-32(40)44-33(5,6)7)20-24(22(2)3)21-35-31(39)25-14-12-15-28(42-9)29(25)43-18-13-17-41-8/h12,14-15,22-24,26-27,37H,10-11,13,16-21H2,1-9H3,(H,34,38)(H,35,39)(H,36,40)/t23-,24-,26+,27+/m1/s1. The molecule has 252 valence electrons. The van der Waals surface area contributed by atoms with Crippen LogP contribution in [0.4, 0.5) is 4.79 Å². The second-order valence-corrected chi connectivity index (χ2v) is 12.6. The van der Waals surface area contributed by atoms with Crippen molar-refractivity contribution in [2.75, 3.05) is 40.5 Å². The van der Waals surface area contributed by atoms with Gasteiger partial charge < -0.3 is 40.0 Å². The summed E-state index contributed by atoms with van der Waals surface area (Å²) >= 11 is 0. The molecule has 0 aliphatic carbocycles. The van der Waals surface area contributed by atoms with Crippen molar-refractivity contribution in [1.82, 2.24) is 16.0 Å². The van der Waals surface area contributed by atoms with E-state index in [1.54, 1.807) is 53.0 Å². The average molecular weight is 624 g/mol. The minimum absolute atomic E-state index is 0.0928. The van der Waals surface area contributed by atoms with Crippen molar-refractivity contribution in [2.45, 2.75) is 98.3 Å². The summed E-state index contributed by atoms with van der Waals surface area (Å²) in [7, 11) is 3.14. The zero-order valence-electron chi connectivity index (χ0n) is 28.3. The molecule has 4 atom stereocenters. The van der Waals surface area contributed by atoms with Gasteiger partial charge in [-0.2, -0.15) is 0 Å². The second-order valence-electron chi connectivity index (χ2n) is 12.6. The van der Waals surface area contributed by atoms with Gasteiger partial charge in [0.1, 0.15) is 5.60 Å². The molecule has 4 N–H and O–H groups in total. The van der Waals surface area contributed by atoms with Gasteiger partial charge in [-0.15, -0.1) is 0 Å². The van der Waals surface area contributed by atoms with E-state index in [4.69, 9.17) is 18.9 Å². The van der Waals surface area contributed by atoms with Crippen molar-refractivity contribution in [1.29, 1.82) is 0 Å². The number of amides is 3. The fraction of sp³-hybridized carbons (Fsp3) is 0.727. The van der Waals surface area contributed by atoms with E-state index in [2.05, 4.69) is 16.0 Å². The van der Waals surface area contributed by atoms with E-state index in [0.29, 0.717) is 49.7 Å². The topological polar surface area (TPSA) is 144 Å². The Morgan fingerprint density at radius 3 is 2.27 bits per heavy atom. The number of aliphatic hydroxyl groups excluding tert-OH is 1. The summed E-state index contributed by atoms with van der Waals surface area (Å²) in [6.07, 6.45) is 1.33. The summed E-state index contributed by atoms with van der Waals surface area (Å²) in [6.45, 7) is 14.9. The van der Waals surface area contributed by atoms with E-state index in [0.717, 1.165) is 12.8 Å². The van der Waals surface area contributed by atoms with Crippen LogP contribution in [-0.4, -0.2) is 81.3 Å². The summed E-state index contributed by atoms with van der Waals surface area (Å²) in [4.78, 5) is 38.7. The smallest absolute Gasteiger partial charge is 0.407 e. The van der Waals surface area contributed by atoms with Crippen LogP contribution in [0.2, 0.25) is 0 Å². The third-order valence-electron chi connectivity index (χ3n) is 7.25. The molecule has 1 aromatic carbocycles. The van der Waals surface area contributed by atoms with Gasteiger partial charge >= 0.3 is 6.09 Å². The summed E-state index contributed by atoms with van der Waals surface area (Å²) < 4.78 is 21.9. The van der Waals surface area contributed by atoms with Gasteiger partial charge in [-0.05, 0) is 64.0 Å². The van der Waals surface area contributed by atoms with Crippen LogP contribution in [-0.2, 0) is 14.3 Å². The van der Waals surface area contributed by atoms with Gasteiger partial charge in [0.15, 0.2) is 11.5 Å². The van der Waals surface area contributed by atoms with E-state index in [-0.39, 0.29) is 36.6 Å². The number of unbranched alkanes of at least 4 members (excludes halogenated alkanes) is 1. The quantitative estimate of drug-likeness (QED) is 0.153. The Hall–Kier alpha value is -3.05. The van der Waals surface area contributed by atoms with Gasteiger partial charge in [-0.25, -0.2) is 4.79 Å². The third-order valence-corrected chi connectivity index (χ3v) is 7.25. The normalized spacial score (nSPS) is 14.2. The van der Waals surface area contributed by atoms with Gasteiger partial charge in [0.2, 0.25) is 5.91 Å². The van der Waals surface area contributed by atoms with Crippen molar-refractivity contribution < 1.29 is 38.4 Å². The molecule has 0 fully saturated rings. The first-order chi connectivity index (χ1) is 20.7. The molecular weight excluding hydrogens is 566 g/mol. The lowest BCUT2D eigenvalue weighted by molar-refractivity contribution is -0.125. The number of para-hydroxylation sites is 1. The van der Waals surface area contributed by atoms with E-state index < -0.39 is 29.8 Å². The lowest BCUT2D eigenvalue weighted by Gasteiger charge is -2.32. The number of alkyl carbamates (subject to hydrolysis) is 1. The fourth-order valence-corrected chi connectivity index (χ4v) is 4.59. The van der Waals surface area contributed by atoms with Crippen LogP contribution in [0, 0.1) is 17.8 Å². The van der Waals surface area contributed by atoms with Gasteiger partial charge in [0.05, 0.1) is 31.4 Å². The minimum atomic E-state index is -1.02. The molecule has 0 spiro atoms. The monoisotopic (exact) mass is 623 g/mol. The molecule has 1 rings (SSSR count). The molecule has 0 radical (unpaired) electrons. The maximum atomic E-state index is 13.4. The highest BCUT2D eigenvalue weighted by Gasteiger charge is 2.31. The van der Waals surface area contributed by atoms with Crippen LogP contribution in [0.3, 0.4) is 0 Å². The van der Waals surface area contributed by atoms with Crippen molar-refractivity contribution in [3.05, 3.63) is 23.8 Å². The Morgan fingerprint density at radius 1 is 0.977 bits per heavy atom. The molecule has 0 aliphatic heterocycles. The Balaban J connectivity index is 3.08. The Kier molecular flexibility index (Phi) is 17.8. The van der Waals surface area contributed by atoms with E-state index in [1.165, 1.54) is 7.11 Å². The van der Waals surface area contributed by atoms with Crippen molar-refractivity contribution in [3.8, 4) is 11.5 Å². The number of ether oxygens (including phenoxy) is 4. The molecule has 0 saturated heterocycles. The lowest BCUT2D eigenvalue weighted by atomic mass is 9.85. The first-order valence-corrected chi connectivity index (χ1v) is 15.8. The van der Waals surface area contributed by atoms with Crippen LogP contribution in [0.5, 0.6) is 11.5 Å². The highest BCUT2D eigenvalue weighted by Crippen LogP contribution is 2.31. The maximum absolute atomic E-state index is 13.4. The number of carbonyl (C=O) groups excluding carboxylic acids is 3. The number of hydrogen-bond acceptors (Lipinski definition) is 8. The number of benzene rings is 1. The number of rotatable bonds is 20. The van der Waals surface area contributed by atoms with Crippen molar-refractivity contribution >= 4 is 17.9 Å². The Morgan fingerprint density at radius 2 is 1.68 bits per heavy atom. The number of methoxy groups -OCH3 is 2. The molecule has 0 bridgehead atoms. The first-order valence-electron chi connectivity index (χ1n) is 15.8. The summed E-state index contributed by atoms with van der Waals surface area (Å²) in [5, 5.41) is 20.0. The molecule has 0 heterocycles. The molecule has 3 amide bonds. The third kappa shape index (κ3) is 14.6. The maximum Gasteiger partial charge on any atom is 0.407 e. The molecule has 11 nitrogen and oxygen atoms in total. The number of hydrogen-bond donors (Lipinski definition) is 4. The largest absolute Gasteiger partial charge is 0.493 e. The molecule has 44 heavy (non-hydrogen) atoms. The highest BCUT2D eigenvalue weighted by atomic mass is 16.6. The first kappa shape index (κ1) is 39.0. The predicted octanol–water partition coefficient (Wildman–Crippen LogP) is 4.70. The van der Waals surface area contributed by atoms with Crippen LogP contribution < -0.4 is 25.4 Å². The zero-order valence-corrected chi connectivity index (χ0v) is 28.3. The number of aliphatic hydroxyl groups is 1. The molecule has 0 aromatic heterocycles. The van der Waals surface area contributed by atoms with Crippen LogP contribution in [0.15, 0.2) is 18.2 Å². The SMILES string of the molecule is CCCCNC(=O)[C@H](C)C[C@H](O)[C@H](C[C@H](CNC(=O)c1cccc(OC)c1OCCCOC)C(C)C)NC(=O)OC(C)(C)C. The van der Waals surface area contributed by atoms with E-state index in [9.17, 15) is 19.5 Å². The van der Waals surface area contributed by atoms with Crippen molar-refractivity contribution in [3.63, 3.8) is 0 Å². The molecular formula is C33H57N3O8.